The number of para-hydroxylation sites is 1. The molecule has 1 unspecified atom stereocenters. The number of fused-ring (bicyclic) bond motifs is 1. The Labute approximate surface area is 302 Å². The molecule has 2 saturated heterocycles. The van der Waals surface area contributed by atoms with Crippen molar-refractivity contribution in [3.63, 3.8) is 0 Å². The lowest BCUT2D eigenvalue weighted by molar-refractivity contribution is -0.919. The summed E-state index contributed by atoms with van der Waals surface area (Å²) in [7, 11) is 4.96. The molecule has 0 amide bonds. The van der Waals surface area contributed by atoms with Gasteiger partial charge in [0.05, 0.1) is 36.6 Å². The fraction of sp³-hybridized carbons (Fsp3) is 0.395. The highest BCUT2D eigenvalue weighted by Crippen LogP contribution is 2.34. The third kappa shape index (κ3) is 7.99. The van der Waals surface area contributed by atoms with E-state index < -0.39 is 37.3 Å². The molecule has 0 radical (unpaired) electrons. The zero-order valence-electron chi connectivity index (χ0n) is 29.0. The molecular weight excluding hydrogens is 664 g/mol. The second kappa shape index (κ2) is 16.1. The summed E-state index contributed by atoms with van der Waals surface area (Å²) in [6.45, 7) is 5.50. The third-order valence-corrected chi connectivity index (χ3v) is 10.1. The summed E-state index contributed by atoms with van der Waals surface area (Å²) >= 11 is 0. The van der Waals surface area contributed by atoms with Crippen molar-refractivity contribution in [2.24, 2.45) is 0 Å². The first kappa shape index (κ1) is 36.0. The van der Waals surface area contributed by atoms with E-state index in [0.29, 0.717) is 36.4 Å². The van der Waals surface area contributed by atoms with Gasteiger partial charge in [0.1, 0.15) is 35.7 Å². The molecule has 7 rings (SSSR count). The van der Waals surface area contributed by atoms with Crippen LogP contribution in [0.25, 0.3) is 11.0 Å². The zero-order chi connectivity index (χ0) is 36.1. The molecule has 0 bridgehead atoms. The molecule has 4 N–H and O–H groups in total. The number of rotatable bonds is 10. The summed E-state index contributed by atoms with van der Waals surface area (Å²) in [5.74, 6) is 0.374. The Balaban J connectivity index is 1.22. The smallest absolute Gasteiger partial charge is 0.229 e. The lowest BCUT2D eigenvalue weighted by Crippen LogP contribution is -2.60. The second-order valence-corrected chi connectivity index (χ2v) is 13.6. The monoisotopic (exact) mass is 710 g/mol. The van der Waals surface area contributed by atoms with Crippen molar-refractivity contribution in [1.82, 2.24) is 34.8 Å². The van der Waals surface area contributed by atoms with Crippen LogP contribution in [-0.4, -0.2) is 136 Å². The van der Waals surface area contributed by atoms with Crippen LogP contribution in [0, 0.1) is 7.05 Å². The van der Waals surface area contributed by atoms with Crippen LogP contribution in [0.2, 0.25) is 0 Å². The normalized spacial score (nSPS) is 25.2. The van der Waals surface area contributed by atoms with E-state index >= 15 is 0 Å². The highest BCUT2D eigenvalue weighted by atomic mass is 16.7. The van der Waals surface area contributed by atoms with Crippen LogP contribution in [0.15, 0.2) is 97.3 Å². The SMILES string of the molecule is [CH2-][N+]1(C(c2ccc(O[C@@H]3O[C@H](CO)[C@H](O)[C@H](O)[C@H]3O)cc2)n2nnc3ccccc32)CCN(Cc2ccccn2)CCN(Cc2ccccn2)CC1. The Morgan fingerprint density at radius 2 is 1.38 bits per heavy atom. The van der Waals surface area contributed by atoms with Crippen molar-refractivity contribution in [3.8, 4) is 5.75 Å². The van der Waals surface area contributed by atoms with Gasteiger partial charge in [0.25, 0.3) is 0 Å². The Hall–Kier alpha value is -4.38. The summed E-state index contributed by atoms with van der Waals surface area (Å²) < 4.78 is 13.8. The van der Waals surface area contributed by atoms with E-state index in [1.807, 2.05) is 77.7 Å². The maximum atomic E-state index is 10.6. The molecule has 14 heteroatoms. The van der Waals surface area contributed by atoms with Crippen molar-refractivity contribution >= 4 is 11.0 Å². The quantitative estimate of drug-likeness (QED) is 0.123. The third-order valence-electron chi connectivity index (χ3n) is 10.1. The van der Waals surface area contributed by atoms with Crippen molar-refractivity contribution < 1.29 is 34.4 Å². The van der Waals surface area contributed by atoms with E-state index in [2.05, 4.69) is 37.0 Å². The number of aliphatic hydroxyl groups is 4. The highest BCUT2D eigenvalue weighted by molar-refractivity contribution is 5.74. The van der Waals surface area contributed by atoms with Gasteiger partial charge in [-0.1, -0.05) is 29.5 Å². The largest absolute Gasteiger partial charge is 0.462 e. The molecule has 5 aromatic rings. The average molecular weight is 711 g/mol. The average Bonchev–Trinajstić information content (AvgIpc) is 3.62. The lowest BCUT2D eigenvalue weighted by Gasteiger charge is -2.49. The van der Waals surface area contributed by atoms with E-state index in [0.717, 1.165) is 54.2 Å². The summed E-state index contributed by atoms with van der Waals surface area (Å²) in [6, 6.07) is 27.3. The van der Waals surface area contributed by atoms with E-state index in [9.17, 15) is 20.4 Å². The van der Waals surface area contributed by atoms with E-state index in [4.69, 9.17) is 21.7 Å². The molecule has 5 heterocycles. The topological polar surface area (TPSA) is 162 Å². The standard InChI is InChI=1S/C38H46N8O6/c1-46(22-20-43(24-28-8-4-6-16-39-28)18-19-44(21-23-46)25-29-9-5-7-17-40-29)37(45-32-11-3-2-10-31(32)41-42-45)27-12-14-30(15-13-27)51-38-36(50)35(49)34(48)33(26-47)52-38/h2-17,33-38,47-50H,1,18-26H2/t33-,34+,35+,36-,37?,38-/m1/s1. The van der Waals surface area contributed by atoms with Crippen LogP contribution in [0.3, 0.4) is 0 Å². The Morgan fingerprint density at radius 1 is 0.769 bits per heavy atom. The number of aliphatic hydroxyl groups excluding tert-OH is 4. The lowest BCUT2D eigenvalue weighted by atomic mass is 9.99. The molecule has 2 aliphatic heterocycles. The first-order valence-electron chi connectivity index (χ1n) is 17.6. The van der Waals surface area contributed by atoms with Crippen LogP contribution in [0.5, 0.6) is 5.75 Å². The number of benzene rings is 2. The molecule has 52 heavy (non-hydrogen) atoms. The van der Waals surface area contributed by atoms with E-state index in [1.165, 1.54) is 0 Å². The van der Waals surface area contributed by atoms with Crippen LogP contribution in [0.1, 0.15) is 23.1 Å². The van der Waals surface area contributed by atoms with Crippen LogP contribution < -0.4 is 4.74 Å². The molecule has 2 fully saturated rings. The number of quaternary nitrogens is 1. The second-order valence-electron chi connectivity index (χ2n) is 13.6. The van der Waals surface area contributed by atoms with Gasteiger partial charge in [-0.2, -0.15) is 4.68 Å². The number of hydrogen-bond donors (Lipinski definition) is 4. The fourth-order valence-corrected chi connectivity index (χ4v) is 7.08. The fourth-order valence-electron chi connectivity index (χ4n) is 7.08. The summed E-state index contributed by atoms with van der Waals surface area (Å²) in [6.07, 6.45) is -3.63. The first-order chi connectivity index (χ1) is 25.3. The van der Waals surface area contributed by atoms with Gasteiger partial charge in [-0.05, 0) is 60.7 Å². The predicted molar refractivity (Wildman–Crippen MR) is 191 cm³/mol. The molecule has 2 aliphatic rings. The summed E-state index contributed by atoms with van der Waals surface area (Å²) in [4.78, 5) is 14.1. The minimum absolute atomic E-state index is 0.359. The maximum Gasteiger partial charge on any atom is 0.229 e. The minimum Gasteiger partial charge on any atom is -0.462 e. The predicted octanol–water partition coefficient (Wildman–Crippen LogP) is 1.57. The Bertz CT molecular complexity index is 1810. The van der Waals surface area contributed by atoms with E-state index in [-0.39, 0.29) is 6.17 Å². The maximum absolute atomic E-state index is 10.6. The molecule has 0 aliphatic carbocycles. The highest BCUT2D eigenvalue weighted by Gasteiger charge is 2.45. The van der Waals surface area contributed by atoms with E-state index in [1.54, 1.807) is 12.1 Å². The van der Waals surface area contributed by atoms with Gasteiger partial charge in [-0.25, -0.2) is 0 Å². The number of ether oxygens (including phenoxy) is 2. The van der Waals surface area contributed by atoms with Crippen LogP contribution in [0.4, 0.5) is 0 Å². The Kier molecular flexibility index (Phi) is 11.1. The summed E-state index contributed by atoms with van der Waals surface area (Å²) in [5, 5.41) is 49.9. The first-order valence-corrected chi connectivity index (χ1v) is 17.6. The summed E-state index contributed by atoms with van der Waals surface area (Å²) in [5.41, 5.74) is 4.59. The number of aromatic nitrogens is 5. The zero-order valence-corrected chi connectivity index (χ0v) is 29.0. The van der Waals surface area contributed by atoms with Gasteiger partial charge in [-0.15, -0.1) is 12.1 Å². The minimum atomic E-state index is -1.54. The van der Waals surface area contributed by atoms with Crippen molar-refractivity contribution in [3.05, 3.63) is 121 Å². The van der Waals surface area contributed by atoms with Crippen molar-refractivity contribution in [2.45, 2.75) is 50.0 Å². The number of pyridine rings is 2. The number of hydrogen-bond acceptors (Lipinski definition) is 12. The van der Waals surface area contributed by atoms with Crippen molar-refractivity contribution in [1.29, 1.82) is 0 Å². The molecule has 6 atom stereocenters. The Morgan fingerprint density at radius 3 is 1.98 bits per heavy atom. The molecule has 14 nitrogen and oxygen atoms in total. The van der Waals surface area contributed by atoms with Gasteiger partial charge < -0.3 is 34.4 Å². The van der Waals surface area contributed by atoms with Gasteiger partial charge in [0.2, 0.25) is 6.29 Å². The molecule has 274 valence electrons. The van der Waals surface area contributed by atoms with Crippen molar-refractivity contribution in [2.75, 3.05) is 45.9 Å². The molecule has 0 spiro atoms. The van der Waals surface area contributed by atoms with Crippen LogP contribution >= 0.6 is 0 Å². The molecule has 3 aromatic heterocycles. The molecule has 2 aromatic carbocycles. The number of nitrogens with zero attached hydrogens (tertiary/aromatic N) is 8. The van der Waals surface area contributed by atoms with Crippen LogP contribution in [-0.2, 0) is 17.8 Å². The van der Waals surface area contributed by atoms with Gasteiger partial charge >= 0.3 is 0 Å². The molecule has 0 saturated carbocycles. The molecular formula is C38H46N8O6. The van der Waals surface area contributed by atoms with Gasteiger partial charge in [0, 0.05) is 57.2 Å². The van der Waals surface area contributed by atoms with Gasteiger partial charge in [0.15, 0.2) is 6.17 Å². The van der Waals surface area contributed by atoms with Gasteiger partial charge in [-0.3, -0.25) is 19.8 Å².